The number of piperazine rings is 1. The number of amides is 1. The van der Waals surface area contributed by atoms with Crippen molar-refractivity contribution in [2.24, 2.45) is 0 Å². The number of carbonyl (C=O) groups excluding carboxylic acids is 1. The fourth-order valence-corrected chi connectivity index (χ4v) is 3.05. The summed E-state index contributed by atoms with van der Waals surface area (Å²) in [7, 11) is 0. The molecule has 126 valence electrons. The molecule has 1 aliphatic rings. The van der Waals surface area contributed by atoms with Gasteiger partial charge in [0, 0.05) is 30.3 Å². The van der Waals surface area contributed by atoms with Crippen molar-refractivity contribution in [2.75, 3.05) is 0 Å². The van der Waals surface area contributed by atoms with Gasteiger partial charge in [-0.25, -0.2) is 4.98 Å². The molecule has 0 bridgehead atoms. The average molecular weight is 326 g/mol. The Morgan fingerprint density at radius 3 is 2.54 bits per heavy atom. The standard InChI is InChI=1S/C18H22N4O2/c1-11-12(2)22(13(3)18(24)19-11)10-15-9-16(23)21-17(20-15)14-7-5-4-6-8-14/h4-9,11-13H,10H2,1-3H3,(H,19,24)(H,20,21,23). The number of carbonyl (C=O) groups is 1. The maximum Gasteiger partial charge on any atom is 0.251 e. The summed E-state index contributed by atoms with van der Waals surface area (Å²) in [5.41, 5.74) is 1.34. The number of rotatable bonds is 3. The molecule has 24 heavy (non-hydrogen) atoms. The lowest BCUT2D eigenvalue weighted by atomic mass is 10.0. The Bertz CT molecular complexity index is 787. The Kier molecular flexibility index (Phi) is 4.49. The number of H-pyrrole nitrogens is 1. The van der Waals surface area contributed by atoms with E-state index in [0.29, 0.717) is 18.1 Å². The van der Waals surface area contributed by atoms with E-state index in [1.165, 1.54) is 6.07 Å². The summed E-state index contributed by atoms with van der Waals surface area (Å²) in [5.74, 6) is 0.557. The van der Waals surface area contributed by atoms with Crippen molar-refractivity contribution in [3.63, 3.8) is 0 Å². The van der Waals surface area contributed by atoms with E-state index in [2.05, 4.69) is 27.1 Å². The lowest BCUT2D eigenvalue weighted by Crippen LogP contribution is -2.62. The summed E-state index contributed by atoms with van der Waals surface area (Å²) in [5, 5.41) is 2.97. The van der Waals surface area contributed by atoms with E-state index in [1.54, 1.807) is 0 Å². The zero-order valence-electron chi connectivity index (χ0n) is 14.1. The summed E-state index contributed by atoms with van der Waals surface area (Å²) < 4.78 is 0. The van der Waals surface area contributed by atoms with Gasteiger partial charge in [0.25, 0.3) is 5.56 Å². The first kappa shape index (κ1) is 16.4. The third kappa shape index (κ3) is 3.23. The molecule has 0 spiro atoms. The van der Waals surface area contributed by atoms with Gasteiger partial charge in [-0.1, -0.05) is 30.3 Å². The van der Waals surface area contributed by atoms with E-state index in [9.17, 15) is 9.59 Å². The summed E-state index contributed by atoms with van der Waals surface area (Å²) >= 11 is 0. The first-order valence-corrected chi connectivity index (χ1v) is 8.17. The zero-order valence-corrected chi connectivity index (χ0v) is 14.1. The van der Waals surface area contributed by atoms with E-state index >= 15 is 0 Å². The quantitative estimate of drug-likeness (QED) is 0.897. The molecule has 6 heteroatoms. The van der Waals surface area contributed by atoms with Crippen LogP contribution in [0, 0.1) is 0 Å². The van der Waals surface area contributed by atoms with Crippen molar-refractivity contribution in [3.05, 3.63) is 52.4 Å². The van der Waals surface area contributed by atoms with E-state index < -0.39 is 0 Å². The lowest BCUT2D eigenvalue weighted by Gasteiger charge is -2.42. The Balaban J connectivity index is 1.91. The molecule has 6 nitrogen and oxygen atoms in total. The molecule has 3 atom stereocenters. The van der Waals surface area contributed by atoms with Gasteiger partial charge in [-0.2, -0.15) is 0 Å². The van der Waals surface area contributed by atoms with Crippen LogP contribution in [-0.4, -0.2) is 38.9 Å². The van der Waals surface area contributed by atoms with Crippen LogP contribution < -0.4 is 10.9 Å². The lowest BCUT2D eigenvalue weighted by molar-refractivity contribution is -0.132. The summed E-state index contributed by atoms with van der Waals surface area (Å²) in [4.78, 5) is 33.5. The van der Waals surface area contributed by atoms with Gasteiger partial charge >= 0.3 is 0 Å². The Labute approximate surface area is 140 Å². The molecule has 3 rings (SSSR count). The van der Waals surface area contributed by atoms with Crippen molar-refractivity contribution >= 4 is 5.91 Å². The fourth-order valence-electron chi connectivity index (χ4n) is 3.05. The minimum absolute atomic E-state index is 0.00808. The van der Waals surface area contributed by atoms with Crippen LogP contribution in [0.25, 0.3) is 11.4 Å². The SMILES string of the molecule is CC1NC(=O)C(C)N(Cc2cc(=O)[nH]c(-c3ccccc3)n2)C1C. The fraction of sp³-hybridized carbons (Fsp3) is 0.389. The van der Waals surface area contributed by atoms with Gasteiger partial charge in [0.2, 0.25) is 5.91 Å². The second-order valence-corrected chi connectivity index (χ2v) is 6.34. The molecule has 2 N–H and O–H groups in total. The summed E-state index contributed by atoms with van der Waals surface area (Å²) in [6.45, 7) is 6.40. The highest BCUT2D eigenvalue weighted by Gasteiger charge is 2.35. The van der Waals surface area contributed by atoms with Crippen molar-refractivity contribution in [2.45, 2.75) is 45.4 Å². The highest BCUT2D eigenvalue weighted by molar-refractivity contribution is 5.82. The van der Waals surface area contributed by atoms with Gasteiger partial charge in [0.15, 0.2) is 0 Å². The van der Waals surface area contributed by atoms with Crippen molar-refractivity contribution in [1.29, 1.82) is 0 Å². The molecule has 1 saturated heterocycles. The average Bonchev–Trinajstić information content (AvgIpc) is 2.57. The van der Waals surface area contributed by atoms with E-state index in [-0.39, 0.29) is 29.6 Å². The molecule has 1 aliphatic heterocycles. The highest BCUT2D eigenvalue weighted by Crippen LogP contribution is 2.19. The number of hydrogen-bond donors (Lipinski definition) is 2. The first-order valence-electron chi connectivity index (χ1n) is 8.17. The second-order valence-electron chi connectivity index (χ2n) is 6.34. The molecular weight excluding hydrogens is 304 g/mol. The van der Waals surface area contributed by atoms with Crippen LogP contribution in [0.1, 0.15) is 26.5 Å². The van der Waals surface area contributed by atoms with Crippen LogP contribution in [0.2, 0.25) is 0 Å². The predicted molar refractivity (Wildman–Crippen MR) is 92.4 cm³/mol. The van der Waals surface area contributed by atoms with Crippen molar-refractivity contribution < 1.29 is 4.79 Å². The molecule has 1 aromatic heterocycles. The number of aromatic amines is 1. The predicted octanol–water partition coefficient (Wildman–Crippen LogP) is 1.53. The third-order valence-corrected chi connectivity index (χ3v) is 4.68. The maximum absolute atomic E-state index is 12.1. The molecule has 2 heterocycles. The molecular formula is C18H22N4O2. The van der Waals surface area contributed by atoms with Crippen molar-refractivity contribution in [3.8, 4) is 11.4 Å². The summed E-state index contributed by atoms with van der Waals surface area (Å²) in [6, 6.07) is 11.0. The van der Waals surface area contributed by atoms with Crippen LogP contribution >= 0.6 is 0 Å². The third-order valence-electron chi connectivity index (χ3n) is 4.68. The van der Waals surface area contributed by atoms with Crippen LogP contribution in [0.3, 0.4) is 0 Å². The van der Waals surface area contributed by atoms with E-state index in [0.717, 1.165) is 5.56 Å². The molecule has 0 aliphatic carbocycles. The number of aromatic nitrogens is 2. The molecule has 3 unspecified atom stereocenters. The number of hydrogen-bond acceptors (Lipinski definition) is 4. The minimum atomic E-state index is -0.252. The van der Waals surface area contributed by atoms with Gasteiger partial charge in [-0.3, -0.25) is 14.5 Å². The van der Waals surface area contributed by atoms with Gasteiger partial charge in [-0.15, -0.1) is 0 Å². The van der Waals surface area contributed by atoms with E-state index in [4.69, 9.17) is 0 Å². The second kappa shape index (κ2) is 6.57. The van der Waals surface area contributed by atoms with Crippen LogP contribution in [0.5, 0.6) is 0 Å². The first-order chi connectivity index (χ1) is 11.5. The normalized spacial score (nSPS) is 24.6. The van der Waals surface area contributed by atoms with Gasteiger partial charge in [0.05, 0.1) is 11.7 Å². The number of nitrogens with zero attached hydrogens (tertiary/aromatic N) is 2. The highest BCUT2D eigenvalue weighted by atomic mass is 16.2. The van der Waals surface area contributed by atoms with Gasteiger partial charge in [0.1, 0.15) is 5.82 Å². The Morgan fingerprint density at radius 1 is 1.12 bits per heavy atom. The molecule has 0 radical (unpaired) electrons. The van der Waals surface area contributed by atoms with Gasteiger partial charge in [-0.05, 0) is 20.8 Å². The molecule has 1 aromatic carbocycles. The topological polar surface area (TPSA) is 78.1 Å². The zero-order chi connectivity index (χ0) is 17.3. The van der Waals surface area contributed by atoms with E-state index in [1.807, 2.05) is 44.2 Å². The van der Waals surface area contributed by atoms with Crippen LogP contribution in [-0.2, 0) is 11.3 Å². The number of benzene rings is 1. The summed E-state index contributed by atoms with van der Waals surface area (Å²) in [6.07, 6.45) is 0. The van der Waals surface area contributed by atoms with Gasteiger partial charge < -0.3 is 10.3 Å². The largest absolute Gasteiger partial charge is 0.351 e. The van der Waals surface area contributed by atoms with Crippen LogP contribution in [0.4, 0.5) is 0 Å². The molecule has 1 fully saturated rings. The smallest absolute Gasteiger partial charge is 0.251 e. The molecule has 0 saturated carbocycles. The van der Waals surface area contributed by atoms with Crippen molar-refractivity contribution in [1.82, 2.24) is 20.2 Å². The molecule has 1 amide bonds. The number of nitrogens with one attached hydrogen (secondary N) is 2. The minimum Gasteiger partial charge on any atom is -0.351 e. The maximum atomic E-state index is 12.1. The Morgan fingerprint density at radius 2 is 1.83 bits per heavy atom. The molecule has 2 aromatic rings. The van der Waals surface area contributed by atoms with Crippen LogP contribution in [0.15, 0.2) is 41.2 Å². The monoisotopic (exact) mass is 326 g/mol. The Hall–Kier alpha value is -2.47.